The van der Waals surface area contributed by atoms with E-state index in [0.717, 1.165) is 19.4 Å². The van der Waals surface area contributed by atoms with Gasteiger partial charge in [0.25, 0.3) is 0 Å². The number of hydrogen-bond acceptors (Lipinski definition) is 3. The molecule has 1 unspecified atom stereocenters. The van der Waals surface area contributed by atoms with Crippen LogP contribution in [0.25, 0.3) is 0 Å². The highest BCUT2D eigenvalue weighted by Gasteiger charge is 2.16. The summed E-state index contributed by atoms with van der Waals surface area (Å²) in [6.45, 7) is 3.05. The number of rotatable bonds is 4. The van der Waals surface area contributed by atoms with Crippen molar-refractivity contribution in [3.63, 3.8) is 0 Å². The number of hydrogen-bond donors (Lipinski definition) is 0. The highest BCUT2D eigenvalue weighted by molar-refractivity contribution is 5.82. The van der Waals surface area contributed by atoms with Gasteiger partial charge in [0, 0.05) is 12.7 Å². The molecule has 0 amide bonds. The molecule has 1 heterocycles. The lowest BCUT2D eigenvalue weighted by molar-refractivity contribution is -0.140. The van der Waals surface area contributed by atoms with E-state index in [1.807, 2.05) is 13.0 Å². The van der Waals surface area contributed by atoms with Crippen LogP contribution in [-0.2, 0) is 14.3 Å². The van der Waals surface area contributed by atoms with Gasteiger partial charge in [0.05, 0.1) is 6.10 Å². The minimum atomic E-state index is -0.307. The summed E-state index contributed by atoms with van der Waals surface area (Å²) in [6, 6.07) is 0. The smallest absolute Gasteiger partial charge is 0.330 e. The van der Waals surface area contributed by atoms with Crippen molar-refractivity contribution in [2.45, 2.75) is 25.9 Å². The molecule has 1 fully saturated rings. The number of ether oxygens (including phenoxy) is 2. The van der Waals surface area contributed by atoms with E-state index in [2.05, 4.69) is 0 Å². The van der Waals surface area contributed by atoms with Gasteiger partial charge in [-0.1, -0.05) is 18.2 Å². The molecule has 0 aromatic carbocycles. The van der Waals surface area contributed by atoms with Gasteiger partial charge in [0.2, 0.25) is 0 Å². The van der Waals surface area contributed by atoms with Crippen LogP contribution in [0.15, 0.2) is 24.3 Å². The zero-order chi connectivity index (χ0) is 10.2. The maximum absolute atomic E-state index is 11.1. The Morgan fingerprint density at radius 1 is 1.57 bits per heavy atom. The first-order valence-electron chi connectivity index (χ1n) is 4.90. The fourth-order valence-electron chi connectivity index (χ4n) is 1.24. The Labute approximate surface area is 84.4 Å². The lowest BCUT2D eigenvalue weighted by Crippen LogP contribution is -2.16. The minimum Gasteiger partial charge on any atom is -0.460 e. The van der Waals surface area contributed by atoms with Gasteiger partial charge in [-0.2, -0.15) is 0 Å². The zero-order valence-electron chi connectivity index (χ0n) is 8.44. The molecule has 0 saturated carbocycles. The van der Waals surface area contributed by atoms with Crippen molar-refractivity contribution in [2.24, 2.45) is 0 Å². The predicted molar refractivity (Wildman–Crippen MR) is 53.9 cm³/mol. The summed E-state index contributed by atoms with van der Waals surface area (Å²) < 4.78 is 10.3. The first-order chi connectivity index (χ1) is 6.83. The van der Waals surface area contributed by atoms with E-state index in [1.54, 1.807) is 12.2 Å². The topological polar surface area (TPSA) is 35.5 Å². The molecular weight excluding hydrogens is 180 g/mol. The van der Waals surface area contributed by atoms with Crippen molar-refractivity contribution in [1.29, 1.82) is 0 Å². The van der Waals surface area contributed by atoms with E-state index in [-0.39, 0.29) is 12.1 Å². The summed E-state index contributed by atoms with van der Waals surface area (Å²) in [7, 11) is 0. The van der Waals surface area contributed by atoms with Crippen LogP contribution in [0, 0.1) is 0 Å². The van der Waals surface area contributed by atoms with Crippen molar-refractivity contribution in [3.05, 3.63) is 24.3 Å². The van der Waals surface area contributed by atoms with E-state index in [4.69, 9.17) is 9.47 Å². The van der Waals surface area contributed by atoms with Crippen molar-refractivity contribution in [2.75, 3.05) is 13.2 Å². The van der Waals surface area contributed by atoms with Crippen LogP contribution in [0.1, 0.15) is 19.8 Å². The van der Waals surface area contributed by atoms with Crippen LogP contribution in [0.5, 0.6) is 0 Å². The van der Waals surface area contributed by atoms with Crippen LogP contribution in [0.4, 0.5) is 0 Å². The summed E-state index contributed by atoms with van der Waals surface area (Å²) >= 11 is 0. The lowest BCUT2D eigenvalue weighted by Gasteiger charge is -2.07. The third kappa shape index (κ3) is 4.23. The first-order valence-corrected chi connectivity index (χ1v) is 4.90. The molecule has 0 bridgehead atoms. The van der Waals surface area contributed by atoms with E-state index in [1.165, 1.54) is 6.08 Å². The van der Waals surface area contributed by atoms with E-state index < -0.39 is 0 Å². The van der Waals surface area contributed by atoms with Gasteiger partial charge in [0.15, 0.2) is 0 Å². The van der Waals surface area contributed by atoms with Crippen LogP contribution in [0.2, 0.25) is 0 Å². The van der Waals surface area contributed by atoms with E-state index in [9.17, 15) is 4.79 Å². The van der Waals surface area contributed by atoms with Crippen molar-refractivity contribution in [3.8, 4) is 0 Å². The van der Waals surface area contributed by atoms with Gasteiger partial charge in [-0.15, -0.1) is 0 Å². The Balaban J connectivity index is 2.13. The van der Waals surface area contributed by atoms with Gasteiger partial charge in [-0.05, 0) is 19.8 Å². The summed E-state index contributed by atoms with van der Waals surface area (Å²) in [4.78, 5) is 11.1. The fraction of sp³-hybridized carbons (Fsp3) is 0.545. The number of esters is 1. The zero-order valence-corrected chi connectivity index (χ0v) is 8.44. The molecule has 1 rings (SSSR count). The Hall–Kier alpha value is -1.09. The number of carbonyl (C=O) groups excluding carboxylic acids is 1. The second-order valence-electron chi connectivity index (χ2n) is 3.15. The number of carbonyl (C=O) groups is 1. The van der Waals surface area contributed by atoms with Crippen LogP contribution in [-0.4, -0.2) is 25.3 Å². The molecule has 1 aliphatic heterocycles. The molecule has 0 aromatic rings. The summed E-state index contributed by atoms with van der Waals surface area (Å²) in [5.74, 6) is -0.307. The standard InChI is InChI=1S/C11H16O3/c1-2-3-4-7-11(12)14-9-10-6-5-8-13-10/h2-4,7,10H,5-6,8-9H2,1H3/b3-2+,7-4+. The molecular formula is C11H16O3. The minimum absolute atomic E-state index is 0.106. The molecule has 0 N–H and O–H groups in total. The predicted octanol–water partition coefficient (Wildman–Crippen LogP) is 1.84. The molecule has 1 saturated heterocycles. The molecule has 0 aromatic heterocycles. The van der Waals surface area contributed by atoms with Gasteiger partial charge >= 0.3 is 5.97 Å². The summed E-state index contributed by atoms with van der Waals surface area (Å²) in [6.07, 6.45) is 8.88. The Morgan fingerprint density at radius 2 is 2.43 bits per heavy atom. The largest absolute Gasteiger partial charge is 0.460 e. The maximum atomic E-state index is 11.1. The van der Waals surface area contributed by atoms with Crippen LogP contribution < -0.4 is 0 Å². The Morgan fingerprint density at radius 3 is 3.07 bits per heavy atom. The third-order valence-corrected chi connectivity index (χ3v) is 1.97. The van der Waals surface area contributed by atoms with Crippen molar-refractivity contribution >= 4 is 5.97 Å². The average molecular weight is 196 g/mol. The van der Waals surface area contributed by atoms with Gasteiger partial charge in [-0.3, -0.25) is 0 Å². The molecule has 0 aliphatic carbocycles. The summed E-state index contributed by atoms with van der Waals surface area (Å²) in [5.41, 5.74) is 0. The Bertz CT molecular complexity index is 225. The fourth-order valence-corrected chi connectivity index (χ4v) is 1.24. The van der Waals surface area contributed by atoms with Gasteiger partial charge in [0.1, 0.15) is 6.61 Å². The SMILES string of the molecule is C/C=C/C=C/C(=O)OCC1CCCO1. The normalized spacial score (nSPS) is 22.2. The molecule has 0 radical (unpaired) electrons. The van der Waals surface area contributed by atoms with Crippen LogP contribution >= 0.6 is 0 Å². The molecule has 1 atom stereocenters. The molecule has 3 nitrogen and oxygen atoms in total. The summed E-state index contributed by atoms with van der Waals surface area (Å²) in [5, 5.41) is 0. The molecule has 14 heavy (non-hydrogen) atoms. The average Bonchev–Trinajstić information content (AvgIpc) is 2.68. The van der Waals surface area contributed by atoms with Gasteiger partial charge in [-0.25, -0.2) is 4.79 Å². The van der Waals surface area contributed by atoms with Crippen molar-refractivity contribution < 1.29 is 14.3 Å². The third-order valence-electron chi connectivity index (χ3n) is 1.97. The molecule has 0 spiro atoms. The quantitative estimate of drug-likeness (QED) is 0.391. The second-order valence-corrected chi connectivity index (χ2v) is 3.15. The second kappa shape index (κ2) is 6.38. The molecule has 1 aliphatic rings. The lowest BCUT2D eigenvalue weighted by atomic mass is 10.2. The Kier molecular flexibility index (Phi) is 5.00. The molecule has 78 valence electrons. The van der Waals surface area contributed by atoms with E-state index in [0.29, 0.717) is 6.61 Å². The molecule has 3 heteroatoms. The highest BCUT2D eigenvalue weighted by Crippen LogP contribution is 2.11. The first kappa shape index (κ1) is 11.0. The van der Waals surface area contributed by atoms with Crippen molar-refractivity contribution in [1.82, 2.24) is 0 Å². The monoisotopic (exact) mass is 196 g/mol. The maximum Gasteiger partial charge on any atom is 0.330 e. The highest BCUT2D eigenvalue weighted by atomic mass is 16.6. The van der Waals surface area contributed by atoms with Gasteiger partial charge < -0.3 is 9.47 Å². The van der Waals surface area contributed by atoms with E-state index >= 15 is 0 Å². The number of allylic oxidation sites excluding steroid dienone is 3. The van der Waals surface area contributed by atoms with Crippen LogP contribution in [0.3, 0.4) is 0 Å².